The Balaban J connectivity index is 2.02. The summed E-state index contributed by atoms with van der Waals surface area (Å²) in [6.07, 6.45) is 1.20. The minimum absolute atomic E-state index is 0.0947. The van der Waals surface area contributed by atoms with Gasteiger partial charge in [-0.2, -0.15) is 5.10 Å². The van der Waals surface area contributed by atoms with Crippen molar-refractivity contribution < 1.29 is 22.9 Å². The van der Waals surface area contributed by atoms with E-state index >= 15 is 0 Å². The summed E-state index contributed by atoms with van der Waals surface area (Å²) in [4.78, 5) is 22.5. The molecule has 2 N–H and O–H groups in total. The molecule has 11 heteroatoms. The number of ether oxygens (including phenoxy) is 1. The molecule has 2 aromatic carbocycles. The van der Waals surface area contributed by atoms with Crippen LogP contribution in [-0.2, 0) is 14.8 Å². The highest BCUT2D eigenvalue weighted by atomic mass is 32.2. The Morgan fingerprint density at radius 3 is 2.40 bits per heavy atom. The Morgan fingerprint density at radius 1 is 1.20 bits per heavy atom. The molecule has 0 atom stereocenters. The van der Waals surface area contributed by atoms with E-state index in [-0.39, 0.29) is 16.3 Å². The number of nitrogens with zero attached hydrogens (tertiary/aromatic N) is 2. The van der Waals surface area contributed by atoms with Crippen LogP contribution in [0.4, 0.5) is 5.69 Å². The molecule has 0 aliphatic rings. The van der Waals surface area contributed by atoms with Gasteiger partial charge in [0.1, 0.15) is 0 Å². The number of methoxy groups -OCH3 is 1. The van der Waals surface area contributed by atoms with Gasteiger partial charge < -0.3 is 4.74 Å². The summed E-state index contributed by atoms with van der Waals surface area (Å²) in [6, 6.07) is 7.66. The standard InChI is InChI=1S/C19H22N4O6S/c1-12-7-13(2)19(14(3)8-12)30(27,28)21-11-18(24)22-20-10-15-5-6-17(29-4)16(9-15)23(25)26/h5-10,21H,11H2,1-4H3,(H,22,24). The molecule has 0 aromatic heterocycles. The number of nitro benzene ring substituents is 1. The van der Waals surface area contributed by atoms with Crippen molar-refractivity contribution in [2.75, 3.05) is 13.7 Å². The molecular formula is C19H22N4O6S. The second kappa shape index (κ2) is 9.46. The van der Waals surface area contributed by atoms with Crippen molar-refractivity contribution in [3.63, 3.8) is 0 Å². The van der Waals surface area contributed by atoms with Crippen molar-refractivity contribution in [1.29, 1.82) is 0 Å². The number of hydrogen-bond donors (Lipinski definition) is 2. The van der Waals surface area contributed by atoms with Crippen molar-refractivity contribution in [3.05, 3.63) is 62.7 Å². The number of nitrogens with one attached hydrogen (secondary N) is 2. The maximum Gasteiger partial charge on any atom is 0.311 e. The first-order valence-corrected chi connectivity index (χ1v) is 10.3. The van der Waals surface area contributed by atoms with Gasteiger partial charge in [-0.15, -0.1) is 0 Å². The average molecular weight is 434 g/mol. The zero-order valence-electron chi connectivity index (χ0n) is 16.9. The van der Waals surface area contributed by atoms with Crippen molar-refractivity contribution in [1.82, 2.24) is 10.1 Å². The van der Waals surface area contributed by atoms with E-state index in [9.17, 15) is 23.3 Å². The van der Waals surface area contributed by atoms with Crippen LogP contribution in [-0.4, -0.2) is 39.1 Å². The molecule has 0 heterocycles. The van der Waals surface area contributed by atoms with Gasteiger partial charge in [0.25, 0.3) is 5.91 Å². The van der Waals surface area contributed by atoms with Gasteiger partial charge in [-0.1, -0.05) is 17.7 Å². The van der Waals surface area contributed by atoms with E-state index in [1.54, 1.807) is 26.0 Å². The number of carbonyl (C=O) groups excluding carboxylic acids is 1. The second-order valence-electron chi connectivity index (χ2n) is 6.53. The first-order valence-electron chi connectivity index (χ1n) is 8.77. The van der Waals surface area contributed by atoms with E-state index in [1.807, 2.05) is 6.92 Å². The summed E-state index contributed by atoms with van der Waals surface area (Å²) in [5.41, 5.74) is 4.39. The smallest absolute Gasteiger partial charge is 0.311 e. The van der Waals surface area contributed by atoms with Gasteiger partial charge in [0.15, 0.2) is 5.75 Å². The molecular weight excluding hydrogens is 412 g/mol. The maximum absolute atomic E-state index is 12.5. The molecule has 0 spiro atoms. The number of aryl methyl sites for hydroxylation is 3. The number of rotatable bonds is 8. The van der Waals surface area contributed by atoms with Crippen LogP contribution in [0.3, 0.4) is 0 Å². The Bertz CT molecular complexity index is 1090. The summed E-state index contributed by atoms with van der Waals surface area (Å²) in [6.45, 7) is 4.72. The summed E-state index contributed by atoms with van der Waals surface area (Å²) in [7, 11) is -2.57. The van der Waals surface area contributed by atoms with Crippen molar-refractivity contribution >= 4 is 27.8 Å². The van der Waals surface area contributed by atoms with Crippen LogP contribution in [0, 0.1) is 30.9 Å². The lowest BCUT2D eigenvalue weighted by molar-refractivity contribution is -0.385. The van der Waals surface area contributed by atoms with E-state index in [2.05, 4.69) is 15.2 Å². The Morgan fingerprint density at radius 2 is 1.83 bits per heavy atom. The molecule has 0 aliphatic carbocycles. The zero-order chi connectivity index (χ0) is 22.5. The van der Waals surface area contributed by atoms with Gasteiger partial charge in [-0.05, 0) is 44.0 Å². The Hall–Kier alpha value is -3.31. The molecule has 30 heavy (non-hydrogen) atoms. The SMILES string of the molecule is COc1ccc(C=NNC(=O)CNS(=O)(=O)c2c(C)cc(C)cc2C)cc1[N+](=O)[O-]. The molecule has 160 valence electrons. The molecule has 0 radical (unpaired) electrons. The predicted molar refractivity (Wildman–Crippen MR) is 111 cm³/mol. The monoisotopic (exact) mass is 434 g/mol. The van der Waals surface area contributed by atoms with Crippen LogP contribution in [0.25, 0.3) is 0 Å². The lowest BCUT2D eigenvalue weighted by Crippen LogP contribution is -2.35. The van der Waals surface area contributed by atoms with Gasteiger partial charge >= 0.3 is 5.69 Å². The normalized spacial score (nSPS) is 11.5. The van der Waals surface area contributed by atoms with Crippen LogP contribution in [0.5, 0.6) is 5.75 Å². The highest BCUT2D eigenvalue weighted by Crippen LogP contribution is 2.26. The summed E-state index contributed by atoms with van der Waals surface area (Å²) < 4.78 is 32.2. The van der Waals surface area contributed by atoms with E-state index in [0.717, 1.165) is 5.56 Å². The summed E-state index contributed by atoms with van der Waals surface area (Å²) in [5.74, 6) is -0.600. The second-order valence-corrected chi connectivity index (χ2v) is 8.24. The van der Waals surface area contributed by atoms with Crippen LogP contribution >= 0.6 is 0 Å². The molecule has 0 aliphatic heterocycles. The average Bonchev–Trinajstić information content (AvgIpc) is 2.65. The van der Waals surface area contributed by atoms with E-state index in [4.69, 9.17) is 4.74 Å². The molecule has 0 saturated carbocycles. The Labute approximate surface area is 174 Å². The molecule has 10 nitrogen and oxygen atoms in total. The number of hydrazone groups is 1. The molecule has 2 aromatic rings. The van der Waals surface area contributed by atoms with E-state index < -0.39 is 27.4 Å². The largest absolute Gasteiger partial charge is 0.490 e. The summed E-state index contributed by atoms with van der Waals surface area (Å²) >= 11 is 0. The van der Waals surface area contributed by atoms with Crippen molar-refractivity contribution in [2.45, 2.75) is 25.7 Å². The number of carbonyl (C=O) groups is 1. The number of hydrogen-bond acceptors (Lipinski definition) is 7. The van der Waals surface area contributed by atoms with Gasteiger partial charge in [-0.3, -0.25) is 14.9 Å². The molecule has 0 unspecified atom stereocenters. The fraction of sp³-hybridized carbons (Fsp3) is 0.263. The minimum atomic E-state index is -3.89. The molecule has 1 amide bonds. The molecule has 0 saturated heterocycles. The first kappa shape index (κ1) is 23.0. The van der Waals surface area contributed by atoms with Crippen molar-refractivity contribution in [3.8, 4) is 5.75 Å². The maximum atomic E-state index is 12.5. The van der Waals surface area contributed by atoms with Gasteiger partial charge in [0.2, 0.25) is 10.0 Å². The topological polar surface area (TPSA) is 140 Å². The van der Waals surface area contributed by atoms with E-state index in [1.165, 1.54) is 31.5 Å². The Kier molecular flexibility index (Phi) is 7.24. The third kappa shape index (κ3) is 5.61. The van der Waals surface area contributed by atoms with Crippen LogP contribution < -0.4 is 14.9 Å². The van der Waals surface area contributed by atoms with Crippen LogP contribution in [0.2, 0.25) is 0 Å². The number of nitro groups is 1. The predicted octanol–water partition coefficient (Wildman–Crippen LogP) is 1.96. The lowest BCUT2D eigenvalue weighted by Gasteiger charge is -2.12. The zero-order valence-corrected chi connectivity index (χ0v) is 17.7. The number of sulfonamides is 1. The molecule has 0 fully saturated rings. The highest BCUT2D eigenvalue weighted by Gasteiger charge is 2.20. The van der Waals surface area contributed by atoms with Gasteiger partial charge in [0, 0.05) is 11.6 Å². The third-order valence-corrected chi connectivity index (χ3v) is 5.80. The quantitative estimate of drug-likeness (QED) is 0.370. The van der Waals surface area contributed by atoms with Crippen LogP contribution in [0.15, 0.2) is 40.3 Å². The summed E-state index contributed by atoms with van der Waals surface area (Å²) in [5, 5.41) is 14.7. The lowest BCUT2D eigenvalue weighted by atomic mass is 10.1. The molecule has 0 bridgehead atoms. The van der Waals surface area contributed by atoms with Gasteiger partial charge in [-0.25, -0.2) is 18.6 Å². The molecule has 2 rings (SSSR count). The number of benzene rings is 2. The fourth-order valence-electron chi connectivity index (χ4n) is 2.97. The fourth-order valence-corrected chi connectivity index (χ4v) is 4.40. The minimum Gasteiger partial charge on any atom is -0.490 e. The number of amides is 1. The third-order valence-electron chi connectivity index (χ3n) is 4.10. The van der Waals surface area contributed by atoms with E-state index in [0.29, 0.717) is 16.7 Å². The van der Waals surface area contributed by atoms with Gasteiger partial charge in [0.05, 0.1) is 29.7 Å². The highest BCUT2D eigenvalue weighted by molar-refractivity contribution is 7.89. The van der Waals surface area contributed by atoms with Crippen LogP contribution in [0.1, 0.15) is 22.3 Å². The van der Waals surface area contributed by atoms with Crippen molar-refractivity contribution in [2.24, 2.45) is 5.10 Å². The first-order chi connectivity index (χ1) is 14.0.